The van der Waals surface area contributed by atoms with Crippen LogP contribution >= 0.6 is 47.0 Å². The van der Waals surface area contributed by atoms with Crippen LogP contribution in [0.25, 0.3) is 17.7 Å². The highest BCUT2D eigenvalue weighted by Crippen LogP contribution is 2.53. The minimum Gasteiger partial charge on any atom is -0.223 e. The van der Waals surface area contributed by atoms with E-state index in [9.17, 15) is 0 Å². The van der Waals surface area contributed by atoms with Gasteiger partial charge < -0.3 is 0 Å². The SMILES string of the molecule is C1=CSC(=C2SC=C(/C=C/c3cc(-n4cccn4)nc(-n4cccn4)c3)S2)S1. The molecule has 0 fully saturated rings. The highest BCUT2D eigenvalue weighted by Gasteiger charge is 2.17. The van der Waals surface area contributed by atoms with Crippen molar-refractivity contribution in [1.82, 2.24) is 24.5 Å². The largest absolute Gasteiger partial charge is 0.223 e. The third-order valence-electron chi connectivity index (χ3n) is 3.80. The Balaban J connectivity index is 1.43. The molecule has 3 aromatic rings. The van der Waals surface area contributed by atoms with Crippen LogP contribution < -0.4 is 0 Å². The lowest BCUT2D eigenvalue weighted by atomic mass is 10.2. The molecule has 0 saturated carbocycles. The van der Waals surface area contributed by atoms with Crippen LogP contribution in [-0.4, -0.2) is 24.5 Å². The van der Waals surface area contributed by atoms with Gasteiger partial charge in [-0.2, -0.15) is 10.2 Å². The van der Waals surface area contributed by atoms with Crippen molar-refractivity contribution in [2.45, 2.75) is 0 Å². The Morgan fingerprint density at radius 2 is 1.46 bits per heavy atom. The Labute approximate surface area is 179 Å². The van der Waals surface area contributed by atoms with Crippen molar-refractivity contribution < 1.29 is 0 Å². The number of allylic oxidation sites excluding steroid dienone is 1. The lowest BCUT2D eigenvalue weighted by molar-refractivity contribution is 0.803. The van der Waals surface area contributed by atoms with E-state index in [1.54, 1.807) is 57.0 Å². The van der Waals surface area contributed by atoms with E-state index in [-0.39, 0.29) is 0 Å². The number of aromatic nitrogens is 5. The molecule has 0 atom stereocenters. The molecule has 28 heavy (non-hydrogen) atoms. The maximum absolute atomic E-state index is 4.69. The molecule has 2 aliphatic heterocycles. The van der Waals surface area contributed by atoms with Gasteiger partial charge in [-0.3, -0.25) is 0 Å². The molecule has 0 bridgehead atoms. The van der Waals surface area contributed by atoms with Crippen molar-refractivity contribution in [3.63, 3.8) is 0 Å². The molecule has 0 saturated heterocycles. The van der Waals surface area contributed by atoms with Crippen LogP contribution in [0, 0.1) is 0 Å². The Morgan fingerprint density at radius 3 is 2.07 bits per heavy atom. The van der Waals surface area contributed by atoms with Gasteiger partial charge in [0.05, 0.1) is 8.47 Å². The zero-order chi connectivity index (χ0) is 18.8. The first-order chi connectivity index (χ1) is 13.8. The average molecular weight is 440 g/mol. The second-order valence-electron chi connectivity index (χ2n) is 5.67. The first-order valence-corrected chi connectivity index (χ1v) is 11.8. The summed E-state index contributed by atoms with van der Waals surface area (Å²) in [6.07, 6.45) is 11.5. The Kier molecular flexibility index (Phi) is 5.22. The van der Waals surface area contributed by atoms with Crippen LogP contribution in [-0.2, 0) is 0 Å². The van der Waals surface area contributed by atoms with Gasteiger partial charge in [0.1, 0.15) is 0 Å². The first kappa shape index (κ1) is 18.0. The maximum Gasteiger partial charge on any atom is 0.156 e. The van der Waals surface area contributed by atoms with Gasteiger partial charge in [0.2, 0.25) is 0 Å². The van der Waals surface area contributed by atoms with Gasteiger partial charge in [0, 0.05) is 29.7 Å². The second-order valence-corrected chi connectivity index (χ2v) is 9.99. The smallest absolute Gasteiger partial charge is 0.156 e. The van der Waals surface area contributed by atoms with Crippen LogP contribution in [0.2, 0.25) is 0 Å². The summed E-state index contributed by atoms with van der Waals surface area (Å²) in [5.41, 5.74) is 1.05. The number of hydrogen-bond acceptors (Lipinski definition) is 7. The normalized spacial score (nSPS) is 16.5. The van der Waals surface area contributed by atoms with Crippen molar-refractivity contribution in [2.75, 3.05) is 0 Å². The molecule has 5 rings (SSSR count). The first-order valence-electron chi connectivity index (χ1n) is 8.33. The van der Waals surface area contributed by atoms with E-state index in [1.165, 1.54) is 13.4 Å². The molecular weight excluding hydrogens is 427 g/mol. The fraction of sp³-hybridized carbons (Fsp3) is 0. The van der Waals surface area contributed by atoms with Crippen molar-refractivity contribution in [1.29, 1.82) is 0 Å². The predicted molar refractivity (Wildman–Crippen MR) is 122 cm³/mol. The van der Waals surface area contributed by atoms with Crippen molar-refractivity contribution in [2.24, 2.45) is 0 Å². The van der Waals surface area contributed by atoms with Crippen LogP contribution in [0.5, 0.6) is 0 Å². The van der Waals surface area contributed by atoms with Gasteiger partial charge in [0.15, 0.2) is 11.6 Å². The second kappa shape index (κ2) is 8.12. The number of nitrogens with zero attached hydrogens (tertiary/aromatic N) is 5. The van der Waals surface area contributed by atoms with E-state index in [2.05, 4.69) is 43.6 Å². The molecule has 5 nitrogen and oxygen atoms in total. The molecule has 9 heteroatoms. The third kappa shape index (κ3) is 3.88. The fourth-order valence-electron chi connectivity index (χ4n) is 2.57. The third-order valence-corrected chi connectivity index (χ3v) is 8.81. The standard InChI is InChI=1S/C19H13N5S4/c1-5-20-23(7-1)16-11-14(12-17(22-16)24-8-2-6-21-24)3-4-15-13-27-19(28-15)18-25-9-10-26-18/h1-13H/b4-3+. The zero-order valence-electron chi connectivity index (χ0n) is 14.4. The molecule has 0 aliphatic carbocycles. The molecular formula is C19H13N5S4. The summed E-state index contributed by atoms with van der Waals surface area (Å²) in [5.74, 6) is 1.51. The quantitative estimate of drug-likeness (QED) is 0.504. The van der Waals surface area contributed by atoms with E-state index in [0.29, 0.717) is 0 Å². The average Bonchev–Trinajstić information content (AvgIpc) is 3.52. The van der Waals surface area contributed by atoms with Gasteiger partial charge in [-0.15, -0.1) is 0 Å². The topological polar surface area (TPSA) is 48.5 Å². The summed E-state index contributed by atoms with van der Waals surface area (Å²) in [6, 6.07) is 7.82. The molecule has 2 aliphatic rings. The van der Waals surface area contributed by atoms with Gasteiger partial charge in [-0.05, 0) is 52.1 Å². The molecule has 0 N–H and O–H groups in total. The maximum atomic E-state index is 4.69. The molecule has 0 spiro atoms. The van der Waals surface area contributed by atoms with E-state index in [4.69, 9.17) is 0 Å². The minimum absolute atomic E-state index is 0.757. The summed E-state index contributed by atoms with van der Waals surface area (Å²) >= 11 is 7.19. The van der Waals surface area contributed by atoms with Crippen LogP contribution in [0.3, 0.4) is 0 Å². The fourth-order valence-corrected chi connectivity index (χ4v) is 6.92. The lowest BCUT2D eigenvalue weighted by Crippen LogP contribution is -2.04. The molecule has 5 heterocycles. The molecule has 0 radical (unpaired) electrons. The van der Waals surface area contributed by atoms with E-state index >= 15 is 0 Å². The van der Waals surface area contributed by atoms with E-state index < -0.39 is 0 Å². The van der Waals surface area contributed by atoms with Crippen LogP contribution in [0.4, 0.5) is 0 Å². The number of pyridine rings is 1. The molecule has 0 unspecified atom stereocenters. The van der Waals surface area contributed by atoms with Gasteiger partial charge in [-0.25, -0.2) is 14.3 Å². The van der Waals surface area contributed by atoms with E-state index in [0.717, 1.165) is 17.2 Å². The summed E-state index contributed by atoms with van der Waals surface area (Å²) in [7, 11) is 0. The lowest BCUT2D eigenvalue weighted by Gasteiger charge is -2.07. The Morgan fingerprint density at radius 1 is 0.786 bits per heavy atom. The number of thioether (sulfide) groups is 4. The zero-order valence-corrected chi connectivity index (χ0v) is 17.6. The Bertz CT molecular complexity index is 1050. The molecule has 138 valence electrons. The van der Waals surface area contributed by atoms with Gasteiger partial charge in [-0.1, -0.05) is 53.1 Å². The summed E-state index contributed by atoms with van der Waals surface area (Å²) in [4.78, 5) is 5.92. The highest BCUT2D eigenvalue weighted by molar-refractivity contribution is 8.33. The van der Waals surface area contributed by atoms with Crippen LogP contribution in [0.15, 0.2) is 84.7 Å². The molecule has 0 aromatic carbocycles. The summed E-state index contributed by atoms with van der Waals surface area (Å²) in [5, 5.41) is 15.1. The van der Waals surface area contributed by atoms with Crippen molar-refractivity contribution in [3.8, 4) is 11.6 Å². The molecule has 0 amide bonds. The minimum atomic E-state index is 0.757. The van der Waals surface area contributed by atoms with Crippen LogP contribution in [0.1, 0.15) is 5.56 Å². The van der Waals surface area contributed by atoms with Crippen molar-refractivity contribution in [3.05, 3.63) is 90.3 Å². The predicted octanol–water partition coefficient (Wildman–Crippen LogP) is 5.87. The van der Waals surface area contributed by atoms with Gasteiger partial charge >= 0.3 is 0 Å². The summed E-state index contributed by atoms with van der Waals surface area (Å²) < 4.78 is 6.23. The number of rotatable bonds is 4. The monoisotopic (exact) mass is 439 g/mol. The van der Waals surface area contributed by atoms with Crippen molar-refractivity contribution >= 4 is 53.1 Å². The summed E-state index contributed by atoms with van der Waals surface area (Å²) in [6.45, 7) is 0. The van der Waals surface area contributed by atoms with E-state index in [1.807, 2.05) is 48.4 Å². The molecule has 3 aromatic heterocycles. The highest BCUT2D eigenvalue weighted by atomic mass is 32.2. The van der Waals surface area contributed by atoms with Gasteiger partial charge in [0.25, 0.3) is 0 Å². The number of hydrogen-bond donors (Lipinski definition) is 0. The Hall–Kier alpha value is -2.07.